The van der Waals surface area contributed by atoms with Crippen LogP contribution >= 0.6 is 0 Å². The van der Waals surface area contributed by atoms with Gasteiger partial charge in [-0.2, -0.15) is 0 Å². The molecule has 1 aliphatic heterocycles. The fourth-order valence-corrected chi connectivity index (χ4v) is 1.96. The Morgan fingerprint density at radius 2 is 2.27 bits per heavy atom. The Hall–Kier alpha value is -0.710. The van der Waals surface area contributed by atoms with E-state index in [9.17, 15) is 13.6 Å². The Morgan fingerprint density at radius 3 is 2.80 bits per heavy atom. The topological polar surface area (TPSA) is 32.3 Å². The smallest absolute Gasteiger partial charge is 0.255 e. The number of piperidine rings is 1. The molecule has 0 radical (unpaired) electrons. The van der Waals surface area contributed by atoms with E-state index in [1.165, 1.54) is 7.05 Å². The van der Waals surface area contributed by atoms with Crippen LogP contribution in [0.2, 0.25) is 0 Å². The molecular weight excluding hydrogens is 202 g/mol. The largest absolute Gasteiger partial charge is 0.340 e. The zero-order valence-electron chi connectivity index (χ0n) is 9.17. The second-order valence-corrected chi connectivity index (χ2v) is 4.19. The van der Waals surface area contributed by atoms with Gasteiger partial charge in [0.25, 0.3) is 6.43 Å². The molecule has 2 unspecified atom stereocenters. The van der Waals surface area contributed by atoms with Crippen molar-refractivity contribution in [2.24, 2.45) is 5.92 Å². The molecule has 3 nitrogen and oxygen atoms in total. The van der Waals surface area contributed by atoms with Crippen molar-refractivity contribution < 1.29 is 13.6 Å². The molecule has 15 heavy (non-hydrogen) atoms. The van der Waals surface area contributed by atoms with Gasteiger partial charge < -0.3 is 10.2 Å². The molecule has 1 aliphatic rings. The maximum atomic E-state index is 12.1. The molecule has 5 heteroatoms. The monoisotopic (exact) mass is 220 g/mol. The van der Waals surface area contributed by atoms with E-state index in [0.29, 0.717) is 6.04 Å². The number of hydrogen-bond donors (Lipinski definition) is 1. The molecule has 1 heterocycles. The van der Waals surface area contributed by atoms with E-state index in [1.807, 2.05) is 6.92 Å². The number of nitrogens with zero attached hydrogens (tertiary/aromatic N) is 1. The van der Waals surface area contributed by atoms with Gasteiger partial charge in [0.15, 0.2) is 0 Å². The van der Waals surface area contributed by atoms with Gasteiger partial charge in [0.2, 0.25) is 5.91 Å². The molecule has 0 spiro atoms. The molecule has 1 amide bonds. The molecule has 0 bridgehead atoms. The van der Waals surface area contributed by atoms with Crippen molar-refractivity contribution in [2.45, 2.75) is 32.2 Å². The van der Waals surface area contributed by atoms with E-state index in [4.69, 9.17) is 0 Å². The number of nitrogens with one attached hydrogen (secondary N) is 1. The van der Waals surface area contributed by atoms with Gasteiger partial charge in [-0.15, -0.1) is 0 Å². The minimum absolute atomic E-state index is 0.0926. The van der Waals surface area contributed by atoms with Gasteiger partial charge in [0, 0.05) is 19.0 Å². The standard InChI is InChI=1S/C10H18F2N2O/c1-7-5-8(3-4-13-7)10(15)14(2)6-9(11)12/h7-9,13H,3-6H2,1-2H3. The van der Waals surface area contributed by atoms with Gasteiger partial charge in [-0.3, -0.25) is 4.79 Å². The average molecular weight is 220 g/mol. The van der Waals surface area contributed by atoms with Gasteiger partial charge in [0.1, 0.15) is 0 Å². The highest BCUT2D eigenvalue weighted by atomic mass is 19.3. The number of halogens is 2. The molecular formula is C10H18F2N2O. The van der Waals surface area contributed by atoms with Crippen LogP contribution < -0.4 is 5.32 Å². The highest BCUT2D eigenvalue weighted by Gasteiger charge is 2.27. The molecule has 0 saturated carbocycles. The summed E-state index contributed by atoms with van der Waals surface area (Å²) in [5.74, 6) is -0.242. The lowest BCUT2D eigenvalue weighted by atomic mass is 9.92. The normalized spacial score (nSPS) is 26.7. The molecule has 1 rings (SSSR count). The van der Waals surface area contributed by atoms with Crippen LogP contribution in [0.1, 0.15) is 19.8 Å². The number of amides is 1. The van der Waals surface area contributed by atoms with Crippen LogP contribution in [0.3, 0.4) is 0 Å². The highest BCUT2D eigenvalue weighted by molar-refractivity contribution is 5.78. The zero-order chi connectivity index (χ0) is 11.4. The van der Waals surface area contributed by atoms with Gasteiger partial charge >= 0.3 is 0 Å². The second kappa shape index (κ2) is 5.39. The lowest BCUT2D eigenvalue weighted by Crippen LogP contribution is -2.44. The number of carbonyl (C=O) groups excluding carboxylic acids is 1. The number of alkyl halides is 2. The first kappa shape index (κ1) is 12.4. The lowest BCUT2D eigenvalue weighted by molar-refractivity contribution is -0.137. The van der Waals surface area contributed by atoms with Crippen LogP contribution in [0.15, 0.2) is 0 Å². The number of hydrogen-bond acceptors (Lipinski definition) is 2. The van der Waals surface area contributed by atoms with Crippen molar-refractivity contribution >= 4 is 5.91 Å². The van der Waals surface area contributed by atoms with Crippen molar-refractivity contribution in [2.75, 3.05) is 20.1 Å². The molecule has 88 valence electrons. The van der Waals surface area contributed by atoms with Crippen LogP contribution in [0.4, 0.5) is 8.78 Å². The molecule has 1 fully saturated rings. The first-order chi connectivity index (χ1) is 7.00. The maximum absolute atomic E-state index is 12.1. The number of carbonyl (C=O) groups is 1. The number of rotatable bonds is 3. The summed E-state index contributed by atoms with van der Waals surface area (Å²) in [6, 6.07) is 0.299. The van der Waals surface area contributed by atoms with E-state index in [1.54, 1.807) is 0 Å². The van der Waals surface area contributed by atoms with E-state index in [2.05, 4.69) is 5.32 Å². The third kappa shape index (κ3) is 3.74. The maximum Gasteiger partial charge on any atom is 0.255 e. The first-order valence-electron chi connectivity index (χ1n) is 5.27. The van der Waals surface area contributed by atoms with Crippen molar-refractivity contribution in [1.29, 1.82) is 0 Å². The molecule has 1 N–H and O–H groups in total. The summed E-state index contributed by atoms with van der Waals surface area (Å²) < 4.78 is 24.2. The first-order valence-corrected chi connectivity index (χ1v) is 5.27. The summed E-state index contributed by atoms with van der Waals surface area (Å²) in [5, 5.41) is 3.23. The van der Waals surface area contributed by atoms with Gasteiger partial charge in [-0.05, 0) is 26.3 Å². The summed E-state index contributed by atoms with van der Waals surface area (Å²) >= 11 is 0. The molecule has 1 saturated heterocycles. The highest BCUT2D eigenvalue weighted by Crippen LogP contribution is 2.18. The lowest BCUT2D eigenvalue weighted by Gasteiger charge is -2.30. The van der Waals surface area contributed by atoms with E-state index in [-0.39, 0.29) is 11.8 Å². The van der Waals surface area contributed by atoms with E-state index in [0.717, 1.165) is 24.3 Å². The summed E-state index contributed by atoms with van der Waals surface area (Å²) in [6.45, 7) is 2.34. The summed E-state index contributed by atoms with van der Waals surface area (Å²) in [6.07, 6.45) is -0.957. The third-order valence-electron chi connectivity index (χ3n) is 2.76. The van der Waals surface area contributed by atoms with Crippen LogP contribution in [0, 0.1) is 5.92 Å². The van der Waals surface area contributed by atoms with Gasteiger partial charge in [-0.1, -0.05) is 0 Å². The quantitative estimate of drug-likeness (QED) is 0.772. The minimum atomic E-state index is -2.45. The predicted octanol–water partition coefficient (Wildman–Crippen LogP) is 1.10. The summed E-state index contributed by atoms with van der Waals surface area (Å²) in [7, 11) is 1.45. The van der Waals surface area contributed by atoms with Crippen LogP contribution in [0.25, 0.3) is 0 Å². The average Bonchev–Trinajstić information content (AvgIpc) is 2.15. The Morgan fingerprint density at radius 1 is 1.60 bits per heavy atom. The van der Waals surface area contributed by atoms with Crippen molar-refractivity contribution in [1.82, 2.24) is 10.2 Å². The van der Waals surface area contributed by atoms with E-state index < -0.39 is 13.0 Å². The minimum Gasteiger partial charge on any atom is -0.340 e. The zero-order valence-corrected chi connectivity index (χ0v) is 9.17. The summed E-state index contributed by atoms with van der Waals surface area (Å²) in [4.78, 5) is 12.9. The Kier molecular flexibility index (Phi) is 4.45. The molecule has 0 aliphatic carbocycles. The Bertz CT molecular complexity index is 223. The molecule has 2 atom stereocenters. The third-order valence-corrected chi connectivity index (χ3v) is 2.76. The van der Waals surface area contributed by atoms with Gasteiger partial charge in [0.05, 0.1) is 6.54 Å². The molecule has 0 aromatic heterocycles. The Labute approximate surface area is 88.8 Å². The molecule has 0 aromatic rings. The Balaban J connectivity index is 2.44. The van der Waals surface area contributed by atoms with Crippen molar-refractivity contribution in [3.8, 4) is 0 Å². The van der Waals surface area contributed by atoms with E-state index >= 15 is 0 Å². The molecule has 0 aromatic carbocycles. The SMILES string of the molecule is CC1CC(C(=O)N(C)CC(F)F)CCN1. The van der Waals surface area contributed by atoms with Crippen molar-refractivity contribution in [3.05, 3.63) is 0 Å². The fourth-order valence-electron chi connectivity index (χ4n) is 1.96. The predicted molar refractivity (Wildman–Crippen MR) is 53.8 cm³/mol. The summed E-state index contributed by atoms with van der Waals surface area (Å²) in [5.41, 5.74) is 0. The van der Waals surface area contributed by atoms with Crippen LogP contribution in [-0.2, 0) is 4.79 Å². The van der Waals surface area contributed by atoms with Crippen molar-refractivity contribution in [3.63, 3.8) is 0 Å². The fraction of sp³-hybridized carbons (Fsp3) is 0.900. The van der Waals surface area contributed by atoms with Crippen LogP contribution in [0.5, 0.6) is 0 Å². The van der Waals surface area contributed by atoms with Crippen LogP contribution in [-0.4, -0.2) is 43.4 Å². The second-order valence-electron chi connectivity index (χ2n) is 4.19. The van der Waals surface area contributed by atoms with Gasteiger partial charge in [-0.25, -0.2) is 8.78 Å².